The van der Waals surface area contributed by atoms with Crippen molar-refractivity contribution in [1.82, 2.24) is 5.32 Å². The number of aliphatic hydroxyl groups is 1. The van der Waals surface area contributed by atoms with Crippen LogP contribution >= 0.6 is 0 Å². The fraction of sp³-hybridized carbons (Fsp3) is 0.250. The summed E-state index contributed by atoms with van der Waals surface area (Å²) in [5.41, 5.74) is 3.49. The molecule has 2 unspecified atom stereocenters. The average Bonchev–Trinajstić information content (AvgIpc) is 2.86. The van der Waals surface area contributed by atoms with Gasteiger partial charge in [-0.1, -0.05) is 66.6 Å². The second-order valence-electron chi connectivity index (χ2n) is 8.16. The molecule has 0 fully saturated rings. The van der Waals surface area contributed by atoms with Crippen molar-refractivity contribution in [2.24, 2.45) is 0 Å². The van der Waals surface area contributed by atoms with E-state index in [-0.39, 0.29) is 18.6 Å². The summed E-state index contributed by atoms with van der Waals surface area (Å²) in [6.45, 7) is 1.78. The number of terminal acetylenes is 1. The van der Waals surface area contributed by atoms with Crippen molar-refractivity contribution in [2.45, 2.75) is 38.1 Å². The van der Waals surface area contributed by atoms with E-state index in [2.05, 4.69) is 16.6 Å². The van der Waals surface area contributed by atoms with Crippen LogP contribution < -0.4 is 20.1 Å². The third-order valence-corrected chi connectivity index (χ3v) is 5.70. The molecule has 3 aromatic rings. The molecule has 6 nitrogen and oxygen atoms in total. The first kappa shape index (κ1) is 23.4. The van der Waals surface area contributed by atoms with Crippen LogP contribution in [0.15, 0.2) is 72.8 Å². The van der Waals surface area contributed by atoms with Crippen LogP contribution in [-0.2, 0) is 11.2 Å². The molecular weight excluding hydrogens is 428 g/mol. The molecule has 0 bridgehead atoms. The standard InChI is InChI=1S/C28H28N2O4/c1-3-18-33-24-16-15-23(22-14-17-25(32)29-27(22)24)34-28(19(2)31)30-26(20-10-6-4-7-11-20)21-12-8-5-9-13-21/h1,4-13,15-16,19,26,28,30-31H,14,17-18H2,2H3,(H,29,32). The van der Waals surface area contributed by atoms with Crippen LogP contribution in [0, 0.1) is 12.3 Å². The van der Waals surface area contributed by atoms with Gasteiger partial charge in [0.1, 0.15) is 24.2 Å². The SMILES string of the molecule is C#CCOc1ccc(OC(NC(c2ccccc2)c2ccccc2)C(C)O)c2c1NC(=O)CC2. The summed E-state index contributed by atoms with van der Waals surface area (Å²) in [7, 11) is 0. The molecule has 1 aliphatic heterocycles. The van der Waals surface area contributed by atoms with Gasteiger partial charge in [-0.25, -0.2) is 0 Å². The number of rotatable bonds is 9. The minimum atomic E-state index is -0.818. The Kier molecular flexibility index (Phi) is 7.48. The molecule has 3 aromatic carbocycles. The molecule has 0 saturated heterocycles. The molecular formula is C28H28N2O4. The summed E-state index contributed by atoms with van der Waals surface area (Å²) in [4.78, 5) is 12.1. The monoisotopic (exact) mass is 456 g/mol. The third-order valence-electron chi connectivity index (χ3n) is 5.70. The zero-order valence-electron chi connectivity index (χ0n) is 19.0. The molecule has 34 heavy (non-hydrogen) atoms. The fourth-order valence-corrected chi connectivity index (χ4v) is 4.03. The van der Waals surface area contributed by atoms with E-state index >= 15 is 0 Å². The summed E-state index contributed by atoms with van der Waals surface area (Å²) in [5.74, 6) is 3.42. The Labute approximate surface area is 199 Å². The van der Waals surface area contributed by atoms with E-state index < -0.39 is 12.3 Å². The van der Waals surface area contributed by atoms with Crippen molar-refractivity contribution in [3.05, 3.63) is 89.5 Å². The van der Waals surface area contributed by atoms with Gasteiger partial charge in [0.15, 0.2) is 6.23 Å². The van der Waals surface area contributed by atoms with Crippen molar-refractivity contribution in [2.75, 3.05) is 11.9 Å². The van der Waals surface area contributed by atoms with Gasteiger partial charge in [0, 0.05) is 12.0 Å². The maximum absolute atomic E-state index is 12.1. The molecule has 4 rings (SSSR count). The van der Waals surface area contributed by atoms with E-state index in [0.717, 1.165) is 16.7 Å². The highest BCUT2D eigenvalue weighted by molar-refractivity contribution is 5.96. The number of carbonyl (C=O) groups excluding carboxylic acids is 1. The second kappa shape index (κ2) is 10.9. The Bertz CT molecular complexity index is 1120. The maximum atomic E-state index is 12.1. The molecule has 0 radical (unpaired) electrons. The highest BCUT2D eigenvalue weighted by Gasteiger charge is 2.28. The van der Waals surface area contributed by atoms with Gasteiger partial charge in [-0.3, -0.25) is 10.1 Å². The lowest BCUT2D eigenvalue weighted by atomic mass is 9.98. The molecule has 1 heterocycles. The van der Waals surface area contributed by atoms with Gasteiger partial charge in [0.25, 0.3) is 0 Å². The largest absolute Gasteiger partial charge is 0.479 e. The Balaban J connectivity index is 1.65. The van der Waals surface area contributed by atoms with Crippen LogP contribution in [0.1, 0.15) is 36.1 Å². The van der Waals surface area contributed by atoms with E-state index in [1.807, 2.05) is 60.7 Å². The van der Waals surface area contributed by atoms with Gasteiger partial charge < -0.3 is 19.9 Å². The minimum absolute atomic E-state index is 0.0892. The van der Waals surface area contributed by atoms with E-state index in [4.69, 9.17) is 15.9 Å². The Morgan fingerprint density at radius 3 is 2.21 bits per heavy atom. The van der Waals surface area contributed by atoms with Crippen molar-refractivity contribution in [3.63, 3.8) is 0 Å². The first-order valence-corrected chi connectivity index (χ1v) is 11.3. The van der Waals surface area contributed by atoms with Crippen LogP contribution in [0.25, 0.3) is 0 Å². The van der Waals surface area contributed by atoms with Crippen molar-refractivity contribution >= 4 is 11.6 Å². The van der Waals surface area contributed by atoms with Crippen LogP contribution in [0.3, 0.4) is 0 Å². The van der Waals surface area contributed by atoms with E-state index in [1.165, 1.54) is 0 Å². The van der Waals surface area contributed by atoms with Crippen molar-refractivity contribution < 1.29 is 19.4 Å². The molecule has 0 saturated carbocycles. The Hall–Kier alpha value is -3.79. The number of benzene rings is 3. The molecule has 174 valence electrons. The van der Waals surface area contributed by atoms with Gasteiger partial charge in [-0.2, -0.15) is 0 Å². The minimum Gasteiger partial charge on any atom is -0.479 e. The number of amides is 1. The molecule has 1 aliphatic rings. The zero-order chi connectivity index (χ0) is 23.9. The lowest BCUT2D eigenvalue weighted by Crippen LogP contribution is -2.45. The maximum Gasteiger partial charge on any atom is 0.224 e. The second-order valence-corrected chi connectivity index (χ2v) is 8.16. The summed E-state index contributed by atoms with van der Waals surface area (Å²) < 4.78 is 12.0. The number of carbonyl (C=O) groups is 1. The van der Waals surface area contributed by atoms with Crippen LogP contribution in [0.5, 0.6) is 11.5 Å². The van der Waals surface area contributed by atoms with E-state index in [9.17, 15) is 9.90 Å². The van der Waals surface area contributed by atoms with Gasteiger partial charge in [-0.05, 0) is 36.6 Å². The third kappa shape index (κ3) is 5.40. The van der Waals surface area contributed by atoms with Crippen LogP contribution in [-0.4, -0.2) is 30.0 Å². The fourth-order valence-electron chi connectivity index (χ4n) is 4.03. The molecule has 0 aliphatic carbocycles. The Morgan fingerprint density at radius 1 is 1.00 bits per heavy atom. The number of hydrogen-bond donors (Lipinski definition) is 3. The highest BCUT2D eigenvalue weighted by Crippen LogP contribution is 2.39. The number of aliphatic hydroxyl groups excluding tert-OH is 1. The molecule has 1 amide bonds. The number of nitrogens with one attached hydrogen (secondary N) is 2. The van der Waals surface area contributed by atoms with E-state index in [0.29, 0.717) is 30.0 Å². The number of hydrogen-bond acceptors (Lipinski definition) is 5. The van der Waals surface area contributed by atoms with Crippen molar-refractivity contribution in [3.8, 4) is 23.8 Å². The summed E-state index contributed by atoms with van der Waals surface area (Å²) >= 11 is 0. The molecule has 3 N–H and O–H groups in total. The zero-order valence-corrected chi connectivity index (χ0v) is 19.0. The van der Waals surface area contributed by atoms with Gasteiger partial charge in [0.2, 0.25) is 5.91 Å². The smallest absolute Gasteiger partial charge is 0.224 e. The molecule has 0 aromatic heterocycles. The quantitative estimate of drug-likeness (QED) is 0.334. The lowest BCUT2D eigenvalue weighted by Gasteiger charge is -2.31. The summed E-state index contributed by atoms with van der Waals surface area (Å²) in [6, 6.07) is 23.4. The molecule has 2 atom stereocenters. The highest BCUT2D eigenvalue weighted by atomic mass is 16.5. The van der Waals surface area contributed by atoms with Gasteiger partial charge in [0.05, 0.1) is 11.7 Å². The lowest BCUT2D eigenvalue weighted by molar-refractivity contribution is -0.116. The first-order valence-electron chi connectivity index (χ1n) is 11.3. The number of anilines is 1. The van der Waals surface area contributed by atoms with Crippen molar-refractivity contribution in [1.29, 1.82) is 0 Å². The van der Waals surface area contributed by atoms with Gasteiger partial charge >= 0.3 is 0 Å². The predicted octanol–water partition coefficient (Wildman–Crippen LogP) is 4.05. The van der Waals surface area contributed by atoms with Gasteiger partial charge in [-0.15, -0.1) is 6.42 Å². The molecule has 6 heteroatoms. The number of fused-ring (bicyclic) bond motifs is 1. The molecule has 0 spiro atoms. The Morgan fingerprint density at radius 2 is 1.62 bits per heavy atom. The van der Waals surface area contributed by atoms with Crippen LogP contribution in [0.4, 0.5) is 5.69 Å². The van der Waals surface area contributed by atoms with Crippen LogP contribution in [0.2, 0.25) is 0 Å². The summed E-state index contributed by atoms with van der Waals surface area (Å²) in [6.07, 6.45) is 4.63. The van der Waals surface area contributed by atoms with E-state index in [1.54, 1.807) is 19.1 Å². The summed E-state index contributed by atoms with van der Waals surface area (Å²) in [5, 5.41) is 17.0. The average molecular weight is 457 g/mol. The first-order chi connectivity index (χ1) is 16.6. The predicted molar refractivity (Wildman–Crippen MR) is 132 cm³/mol. The normalized spacial score (nSPS) is 14.5. The number of ether oxygens (including phenoxy) is 2. The topological polar surface area (TPSA) is 79.8 Å².